The van der Waals surface area contributed by atoms with Crippen molar-refractivity contribution in [2.75, 3.05) is 0 Å². The Bertz CT molecular complexity index is 739. The van der Waals surface area contributed by atoms with E-state index in [4.69, 9.17) is 11.6 Å². The molecule has 0 saturated carbocycles. The van der Waals surface area contributed by atoms with E-state index in [1.54, 1.807) is 23.6 Å². The van der Waals surface area contributed by atoms with Gasteiger partial charge in [0.2, 0.25) is 0 Å². The zero-order valence-corrected chi connectivity index (χ0v) is 11.9. The van der Waals surface area contributed by atoms with E-state index < -0.39 is 0 Å². The van der Waals surface area contributed by atoms with Crippen molar-refractivity contribution in [2.45, 2.75) is 6.54 Å². The number of rotatable bonds is 3. The first-order valence-electron chi connectivity index (χ1n) is 5.96. The summed E-state index contributed by atoms with van der Waals surface area (Å²) < 4.78 is 1.11. The molecule has 0 aliphatic carbocycles. The Morgan fingerprint density at radius 3 is 2.95 bits per heavy atom. The van der Waals surface area contributed by atoms with Crippen LogP contribution in [0.2, 0.25) is 5.02 Å². The molecule has 3 rings (SSSR count). The smallest absolute Gasteiger partial charge is 0.254 e. The van der Waals surface area contributed by atoms with Crippen molar-refractivity contribution >= 4 is 39.1 Å². The first-order chi connectivity index (χ1) is 9.74. The Labute approximate surface area is 124 Å². The summed E-state index contributed by atoms with van der Waals surface area (Å²) in [5, 5.41) is 4.05. The Balaban J connectivity index is 1.73. The number of para-hydroxylation sites is 1. The van der Waals surface area contributed by atoms with Gasteiger partial charge in [0.25, 0.3) is 5.91 Å². The molecule has 2 aromatic heterocycles. The summed E-state index contributed by atoms with van der Waals surface area (Å²) in [6.45, 7) is 0.378. The zero-order chi connectivity index (χ0) is 13.9. The van der Waals surface area contributed by atoms with Gasteiger partial charge in [-0.05, 0) is 18.2 Å². The highest BCUT2D eigenvalue weighted by Gasteiger charge is 2.11. The summed E-state index contributed by atoms with van der Waals surface area (Å²) >= 11 is 7.52. The maximum atomic E-state index is 12.0. The predicted molar refractivity (Wildman–Crippen MR) is 80.0 cm³/mol. The lowest BCUT2D eigenvalue weighted by Crippen LogP contribution is -2.23. The van der Waals surface area contributed by atoms with E-state index in [0.29, 0.717) is 17.1 Å². The minimum absolute atomic E-state index is 0.248. The van der Waals surface area contributed by atoms with Gasteiger partial charge in [-0.15, -0.1) is 11.3 Å². The van der Waals surface area contributed by atoms with Crippen molar-refractivity contribution in [2.24, 2.45) is 0 Å². The van der Waals surface area contributed by atoms with Crippen LogP contribution in [0.1, 0.15) is 15.4 Å². The number of pyridine rings is 1. The molecule has 1 amide bonds. The second kappa shape index (κ2) is 5.56. The molecule has 0 spiro atoms. The van der Waals surface area contributed by atoms with Gasteiger partial charge in [0, 0.05) is 12.4 Å². The molecule has 0 fully saturated rings. The lowest BCUT2D eigenvalue weighted by molar-refractivity contribution is 0.0950. The number of carbonyl (C=O) groups is 1. The largest absolute Gasteiger partial charge is 0.345 e. The van der Waals surface area contributed by atoms with Crippen LogP contribution in [0.5, 0.6) is 0 Å². The number of aromatic nitrogens is 2. The number of hydrogen-bond acceptors (Lipinski definition) is 4. The first kappa shape index (κ1) is 13.0. The molecule has 0 saturated heterocycles. The third-order valence-electron chi connectivity index (χ3n) is 2.75. The Morgan fingerprint density at radius 1 is 1.30 bits per heavy atom. The quantitative estimate of drug-likeness (QED) is 0.808. The van der Waals surface area contributed by atoms with E-state index in [1.807, 2.05) is 24.3 Å². The summed E-state index contributed by atoms with van der Waals surface area (Å²) in [5.74, 6) is -0.248. The van der Waals surface area contributed by atoms with Gasteiger partial charge in [0.15, 0.2) is 0 Å². The maximum absolute atomic E-state index is 12.0. The van der Waals surface area contributed by atoms with Crippen molar-refractivity contribution in [1.82, 2.24) is 15.3 Å². The first-order valence-corrected chi connectivity index (χ1v) is 7.15. The molecule has 1 N–H and O–H groups in total. The average molecular weight is 304 g/mol. The highest BCUT2D eigenvalue weighted by molar-refractivity contribution is 7.18. The highest BCUT2D eigenvalue weighted by atomic mass is 35.5. The molecule has 1 aromatic carbocycles. The number of hydrogen-bond donors (Lipinski definition) is 1. The Kier molecular flexibility index (Phi) is 3.62. The third-order valence-corrected chi connectivity index (χ3v) is 4.12. The molecule has 0 bridgehead atoms. The van der Waals surface area contributed by atoms with E-state index in [-0.39, 0.29) is 5.91 Å². The van der Waals surface area contributed by atoms with Crippen LogP contribution >= 0.6 is 22.9 Å². The normalized spacial score (nSPS) is 10.7. The van der Waals surface area contributed by atoms with Crippen LogP contribution in [0.4, 0.5) is 0 Å². The predicted octanol–water partition coefficient (Wildman–Crippen LogP) is 3.27. The number of nitrogens with zero attached hydrogens (tertiary/aromatic N) is 2. The molecule has 100 valence electrons. The number of amides is 1. The molecule has 0 radical (unpaired) electrons. The fourth-order valence-electron chi connectivity index (χ4n) is 1.79. The van der Waals surface area contributed by atoms with Crippen LogP contribution in [0.3, 0.4) is 0 Å². The van der Waals surface area contributed by atoms with Crippen molar-refractivity contribution in [1.29, 1.82) is 0 Å². The van der Waals surface area contributed by atoms with Crippen molar-refractivity contribution in [3.63, 3.8) is 0 Å². The maximum Gasteiger partial charge on any atom is 0.254 e. The van der Waals surface area contributed by atoms with Gasteiger partial charge in [0.05, 0.1) is 27.3 Å². The number of fused-ring (bicyclic) bond motifs is 1. The monoisotopic (exact) mass is 303 g/mol. The molecular weight excluding hydrogens is 294 g/mol. The molecule has 0 aliphatic heterocycles. The molecule has 3 aromatic rings. The van der Waals surface area contributed by atoms with Crippen LogP contribution in [-0.2, 0) is 6.54 Å². The van der Waals surface area contributed by atoms with E-state index >= 15 is 0 Å². The lowest BCUT2D eigenvalue weighted by Gasteiger charge is -2.03. The molecule has 0 aliphatic rings. The van der Waals surface area contributed by atoms with Crippen LogP contribution in [0.15, 0.2) is 42.7 Å². The van der Waals surface area contributed by atoms with E-state index in [1.165, 1.54) is 6.20 Å². The summed E-state index contributed by atoms with van der Waals surface area (Å²) in [7, 11) is 0. The lowest BCUT2D eigenvalue weighted by atomic mass is 10.2. The standard InChI is InChI=1S/C14H10ClN3OS/c15-10-5-6-16-7-9(10)14(19)17-8-13-18-11-3-1-2-4-12(11)20-13/h1-7H,8H2,(H,17,19). The minimum atomic E-state index is -0.248. The number of halogens is 1. The molecule has 20 heavy (non-hydrogen) atoms. The number of thiazole rings is 1. The van der Waals surface area contributed by atoms with Crippen molar-refractivity contribution in [3.05, 3.63) is 58.3 Å². The summed E-state index contributed by atoms with van der Waals surface area (Å²) in [6, 6.07) is 9.47. The zero-order valence-electron chi connectivity index (χ0n) is 10.3. The van der Waals surface area contributed by atoms with Gasteiger partial charge in [0.1, 0.15) is 5.01 Å². The third kappa shape index (κ3) is 2.64. The molecule has 2 heterocycles. The Hall–Kier alpha value is -1.98. The molecule has 6 heteroatoms. The number of nitrogens with one attached hydrogen (secondary N) is 1. The van der Waals surface area contributed by atoms with E-state index in [0.717, 1.165) is 15.2 Å². The van der Waals surface area contributed by atoms with Gasteiger partial charge >= 0.3 is 0 Å². The Morgan fingerprint density at radius 2 is 2.15 bits per heavy atom. The van der Waals surface area contributed by atoms with Gasteiger partial charge in [-0.3, -0.25) is 9.78 Å². The summed E-state index contributed by atoms with van der Waals surface area (Å²) in [5.41, 5.74) is 1.32. The highest BCUT2D eigenvalue weighted by Crippen LogP contribution is 2.21. The van der Waals surface area contributed by atoms with Crippen molar-refractivity contribution < 1.29 is 4.79 Å². The SMILES string of the molecule is O=C(NCc1nc2ccccc2s1)c1cnccc1Cl. The number of carbonyl (C=O) groups excluding carboxylic acids is 1. The van der Waals surface area contributed by atoms with Gasteiger partial charge in [-0.25, -0.2) is 4.98 Å². The second-order valence-electron chi connectivity index (χ2n) is 4.11. The fraction of sp³-hybridized carbons (Fsp3) is 0.0714. The van der Waals surface area contributed by atoms with E-state index in [9.17, 15) is 4.79 Å². The molecule has 4 nitrogen and oxygen atoms in total. The number of benzene rings is 1. The van der Waals surface area contributed by atoms with Crippen LogP contribution < -0.4 is 5.32 Å². The van der Waals surface area contributed by atoms with Crippen LogP contribution in [0, 0.1) is 0 Å². The van der Waals surface area contributed by atoms with Gasteiger partial charge in [-0.1, -0.05) is 23.7 Å². The topological polar surface area (TPSA) is 54.9 Å². The molecule has 0 atom stereocenters. The van der Waals surface area contributed by atoms with Crippen LogP contribution in [-0.4, -0.2) is 15.9 Å². The average Bonchev–Trinajstić information content (AvgIpc) is 2.88. The summed E-state index contributed by atoms with van der Waals surface area (Å²) in [6.07, 6.45) is 3.00. The van der Waals surface area contributed by atoms with Crippen LogP contribution in [0.25, 0.3) is 10.2 Å². The van der Waals surface area contributed by atoms with Gasteiger partial charge in [-0.2, -0.15) is 0 Å². The molecule has 0 unspecified atom stereocenters. The van der Waals surface area contributed by atoms with Crippen molar-refractivity contribution in [3.8, 4) is 0 Å². The summed E-state index contributed by atoms with van der Waals surface area (Å²) in [4.78, 5) is 20.3. The van der Waals surface area contributed by atoms with Gasteiger partial charge < -0.3 is 5.32 Å². The van der Waals surface area contributed by atoms with E-state index in [2.05, 4.69) is 15.3 Å². The second-order valence-corrected chi connectivity index (χ2v) is 5.64. The molecular formula is C14H10ClN3OS. The fourth-order valence-corrected chi connectivity index (χ4v) is 2.89. The minimum Gasteiger partial charge on any atom is -0.345 e.